The number of carboxylic acids is 1. The number of carbonyl (C=O) groups excluding carboxylic acids is 1. The molecule has 0 saturated heterocycles. The number of unbranched alkanes of at least 4 members (excludes halogenated alkanes) is 1. The van der Waals surface area contributed by atoms with Gasteiger partial charge in [-0.1, -0.05) is 31.5 Å². The molecule has 8 nitrogen and oxygen atoms in total. The monoisotopic (exact) mass is 476 g/mol. The second-order valence-electron chi connectivity index (χ2n) is 8.58. The molecular formula is C27H28N2O6. The summed E-state index contributed by atoms with van der Waals surface area (Å²) in [6, 6.07) is 13.1. The van der Waals surface area contributed by atoms with E-state index in [9.17, 15) is 19.5 Å². The number of amides is 1. The smallest absolute Gasteiger partial charge is 0.336 e. The van der Waals surface area contributed by atoms with E-state index < -0.39 is 29.6 Å². The van der Waals surface area contributed by atoms with Crippen molar-refractivity contribution < 1.29 is 23.8 Å². The van der Waals surface area contributed by atoms with Crippen LogP contribution in [-0.2, 0) is 22.4 Å². The molecule has 8 heteroatoms. The fourth-order valence-corrected chi connectivity index (χ4v) is 4.12. The zero-order valence-electron chi connectivity index (χ0n) is 19.7. The van der Waals surface area contributed by atoms with Crippen LogP contribution in [0, 0.1) is 0 Å². The molecule has 0 saturated carbocycles. The first-order valence-electron chi connectivity index (χ1n) is 11.7. The summed E-state index contributed by atoms with van der Waals surface area (Å²) in [5.41, 5.74) is 2.56. The molecule has 4 aromatic rings. The van der Waals surface area contributed by atoms with Gasteiger partial charge in [0.2, 0.25) is 0 Å². The van der Waals surface area contributed by atoms with E-state index in [0.29, 0.717) is 11.3 Å². The van der Waals surface area contributed by atoms with Gasteiger partial charge in [0.05, 0.1) is 0 Å². The Morgan fingerprint density at radius 1 is 1.11 bits per heavy atom. The van der Waals surface area contributed by atoms with E-state index in [2.05, 4.69) is 17.2 Å². The number of nitrogens with one attached hydrogen (secondary N) is 2. The van der Waals surface area contributed by atoms with Crippen molar-refractivity contribution in [1.82, 2.24) is 10.3 Å². The number of aryl methyl sites for hydroxylation is 1. The lowest BCUT2D eigenvalue weighted by atomic mass is 10.0. The maximum atomic E-state index is 12.8. The van der Waals surface area contributed by atoms with Gasteiger partial charge in [-0.2, -0.15) is 0 Å². The van der Waals surface area contributed by atoms with Crippen molar-refractivity contribution in [1.29, 1.82) is 0 Å². The first-order valence-corrected chi connectivity index (χ1v) is 11.7. The van der Waals surface area contributed by atoms with E-state index in [1.165, 1.54) is 13.0 Å². The number of hydrogen-bond donors (Lipinski definition) is 3. The Morgan fingerprint density at radius 3 is 2.69 bits per heavy atom. The number of para-hydroxylation sites is 1. The number of aliphatic carboxylic acids is 1. The van der Waals surface area contributed by atoms with Crippen LogP contribution >= 0.6 is 0 Å². The molecule has 3 N–H and O–H groups in total. The predicted molar refractivity (Wildman–Crippen MR) is 133 cm³/mol. The second kappa shape index (κ2) is 10.5. The molecule has 1 amide bonds. The molecule has 0 aliphatic rings. The molecule has 2 aromatic heterocycles. The van der Waals surface area contributed by atoms with Crippen molar-refractivity contribution in [2.75, 3.05) is 0 Å². The van der Waals surface area contributed by atoms with Gasteiger partial charge in [0.25, 0.3) is 5.91 Å². The lowest BCUT2D eigenvalue weighted by molar-refractivity contribution is -0.142. The lowest BCUT2D eigenvalue weighted by Gasteiger charge is -2.19. The Labute approximate surface area is 201 Å². The van der Waals surface area contributed by atoms with Gasteiger partial charge in [-0.15, -0.1) is 0 Å². The first-order chi connectivity index (χ1) is 16.9. The van der Waals surface area contributed by atoms with Crippen LogP contribution in [0.5, 0.6) is 5.75 Å². The van der Waals surface area contributed by atoms with Gasteiger partial charge >= 0.3 is 11.6 Å². The number of hydrogen-bond acceptors (Lipinski definition) is 5. The first kappa shape index (κ1) is 24.1. The molecule has 182 valence electrons. The Morgan fingerprint density at radius 2 is 1.91 bits per heavy atom. The summed E-state index contributed by atoms with van der Waals surface area (Å²) in [5.74, 6) is -1.35. The number of fused-ring (bicyclic) bond motifs is 2. The van der Waals surface area contributed by atoms with Gasteiger partial charge in [0.1, 0.15) is 17.4 Å². The molecule has 0 fully saturated rings. The quantitative estimate of drug-likeness (QED) is 0.295. The third-order valence-electron chi connectivity index (χ3n) is 6.00. The summed E-state index contributed by atoms with van der Waals surface area (Å²) in [6.45, 7) is 3.62. The number of carbonyl (C=O) groups is 2. The number of H-pyrrole nitrogens is 1. The molecule has 2 heterocycles. The van der Waals surface area contributed by atoms with Gasteiger partial charge in [-0.3, -0.25) is 4.79 Å². The van der Waals surface area contributed by atoms with Crippen LogP contribution in [0.4, 0.5) is 0 Å². The molecular weight excluding hydrogens is 448 g/mol. The average molecular weight is 477 g/mol. The van der Waals surface area contributed by atoms with Gasteiger partial charge in [-0.05, 0) is 49.1 Å². The molecule has 2 atom stereocenters. The zero-order chi connectivity index (χ0) is 24.9. The van der Waals surface area contributed by atoms with E-state index >= 15 is 0 Å². The highest BCUT2D eigenvalue weighted by Crippen LogP contribution is 2.25. The third kappa shape index (κ3) is 5.54. The fourth-order valence-electron chi connectivity index (χ4n) is 4.12. The van der Waals surface area contributed by atoms with Crippen LogP contribution in [-0.4, -0.2) is 34.1 Å². The Bertz CT molecular complexity index is 1420. The van der Waals surface area contributed by atoms with E-state index in [0.717, 1.165) is 46.7 Å². The molecule has 2 aromatic carbocycles. The van der Waals surface area contributed by atoms with E-state index in [-0.39, 0.29) is 6.42 Å². The highest BCUT2D eigenvalue weighted by atomic mass is 16.5. The topological polar surface area (TPSA) is 122 Å². The average Bonchev–Trinajstić information content (AvgIpc) is 3.24. The maximum absolute atomic E-state index is 12.8. The summed E-state index contributed by atoms with van der Waals surface area (Å²) in [4.78, 5) is 39.7. The standard InChI is InChI=1S/C27H28N2O6/c1-3-4-7-17-13-25(30)35-24-14-19(10-11-21(17)24)34-16(2)26(31)29-23(27(32)33)12-18-15-28-22-9-6-5-8-20(18)22/h5-6,8-11,13-16,23,28H,3-4,7,12H2,1-2H3,(H,29,31)(H,32,33)/t16?,23-/m0/s1. The number of benzene rings is 2. The summed E-state index contributed by atoms with van der Waals surface area (Å²) in [6.07, 6.45) is 3.64. The van der Waals surface area contributed by atoms with Crippen molar-refractivity contribution in [3.8, 4) is 5.75 Å². The maximum Gasteiger partial charge on any atom is 0.336 e. The van der Waals surface area contributed by atoms with Gasteiger partial charge in [0, 0.05) is 41.0 Å². The Kier molecular flexibility index (Phi) is 7.19. The van der Waals surface area contributed by atoms with Crippen LogP contribution in [0.2, 0.25) is 0 Å². The van der Waals surface area contributed by atoms with Crippen LogP contribution in [0.15, 0.2) is 63.9 Å². The van der Waals surface area contributed by atoms with E-state index in [4.69, 9.17) is 9.15 Å². The van der Waals surface area contributed by atoms with Gasteiger partial charge in [-0.25, -0.2) is 9.59 Å². The number of ether oxygens (including phenoxy) is 1. The van der Waals surface area contributed by atoms with Crippen molar-refractivity contribution in [3.05, 3.63) is 76.3 Å². The van der Waals surface area contributed by atoms with Crippen LogP contribution < -0.4 is 15.7 Å². The predicted octanol–water partition coefficient (Wildman–Crippen LogP) is 4.20. The van der Waals surface area contributed by atoms with Crippen LogP contribution in [0.3, 0.4) is 0 Å². The molecule has 0 bridgehead atoms. The molecule has 0 aliphatic heterocycles. The van der Waals surface area contributed by atoms with E-state index in [1.54, 1.807) is 24.4 Å². The summed E-state index contributed by atoms with van der Waals surface area (Å²) >= 11 is 0. The highest BCUT2D eigenvalue weighted by Gasteiger charge is 2.25. The van der Waals surface area contributed by atoms with Crippen LogP contribution in [0.1, 0.15) is 37.8 Å². The minimum Gasteiger partial charge on any atom is -0.481 e. The molecule has 0 radical (unpaired) electrons. The van der Waals surface area contributed by atoms with E-state index in [1.807, 2.05) is 24.3 Å². The fraction of sp³-hybridized carbons (Fsp3) is 0.296. The summed E-state index contributed by atoms with van der Waals surface area (Å²) in [7, 11) is 0. The van der Waals surface area contributed by atoms with Crippen molar-refractivity contribution >= 4 is 33.7 Å². The third-order valence-corrected chi connectivity index (χ3v) is 6.00. The van der Waals surface area contributed by atoms with Crippen molar-refractivity contribution in [2.24, 2.45) is 0 Å². The Balaban J connectivity index is 1.46. The minimum atomic E-state index is -1.14. The molecule has 1 unspecified atom stereocenters. The highest BCUT2D eigenvalue weighted by molar-refractivity contribution is 5.88. The number of carboxylic acid groups (broad SMARTS) is 1. The molecule has 0 aliphatic carbocycles. The van der Waals surface area contributed by atoms with Crippen LogP contribution in [0.25, 0.3) is 21.9 Å². The second-order valence-corrected chi connectivity index (χ2v) is 8.58. The minimum absolute atomic E-state index is 0.124. The summed E-state index contributed by atoms with van der Waals surface area (Å²) < 4.78 is 11.1. The van der Waals surface area contributed by atoms with Crippen molar-refractivity contribution in [2.45, 2.75) is 51.7 Å². The normalized spacial score (nSPS) is 13.0. The van der Waals surface area contributed by atoms with Crippen molar-refractivity contribution in [3.63, 3.8) is 0 Å². The van der Waals surface area contributed by atoms with Gasteiger partial charge in [0.15, 0.2) is 6.10 Å². The van der Waals surface area contributed by atoms with Gasteiger partial charge < -0.3 is 24.6 Å². The largest absolute Gasteiger partial charge is 0.481 e. The molecule has 35 heavy (non-hydrogen) atoms. The Hall–Kier alpha value is -4.07. The zero-order valence-corrected chi connectivity index (χ0v) is 19.7. The number of aromatic amines is 1. The lowest BCUT2D eigenvalue weighted by Crippen LogP contribution is -2.47. The summed E-state index contributed by atoms with van der Waals surface area (Å²) in [5, 5.41) is 14.0. The molecule has 0 spiro atoms. The number of aromatic nitrogens is 1. The SMILES string of the molecule is CCCCc1cc(=O)oc2cc(OC(C)C(=O)N[C@@H](Cc3c[nH]c4ccccc34)C(=O)O)ccc12. The molecule has 4 rings (SSSR count). The number of rotatable bonds is 10.